The summed E-state index contributed by atoms with van der Waals surface area (Å²) >= 11 is 0. The van der Waals surface area contributed by atoms with Crippen LogP contribution < -0.4 is 0 Å². The van der Waals surface area contributed by atoms with Gasteiger partial charge >= 0.3 is 38.1 Å². The Hall–Kier alpha value is -0.0631. The molecule has 0 aliphatic rings. The topological polar surface area (TPSA) is 0 Å². The zero-order valence-electron chi connectivity index (χ0n) is 3.72. The monoisotopic (exact) mass is 133 g/mol. The van der Waals surface area contributed by atoms with Gasteiger partial charge in [-0.2, -0.15) is 0 Å². The van der Waals surface area contributed by atoms with E-state index in [1.54, 1.807) is 0 Å². The molecule has 0 aromatic heterocycles. The minimum absolute atomic E-state index is 0.785. The fourth-order valence-corrected chi connectivity index (χ4v) is 0. The van der Waals surface area contributed by atoms with Crippen molar-refractivity contribution in [2.24, 2.45) is 0 Å². The van der Waals surface area contributed by atoms with E-state index in [-0.39, 0.29) is 0 Å². The molecule has 0 saturated carbocycles. The molecule has 0 saturated heterocycles. The number of rotatable bonds is 1. The van der Waals surface area contributed by atoms with E-state index in [1.807, 2.05) is 0 Å². The van der Waals surface area contributed by atoms with Crippen molar-refractivity contribution in [3.8, 4) is 0 Å². The van der Waals surface area contributed by atoms with Crippen LogP contribution in [0.3, 0.4) is 0 Å². The van der Waals surface area contributed by atoms with Crippen molar-refractivity contribution >= 4 is 8.69 Å². The summed E-state index contributed by atoms with van der Waals surface area (Å²) < 4.78 is 43.8. The fraction of sp³-hybridized carbons (Fsp3) is 1.00. The van der Waals surface area contributed by atoms with Crippen molar-refractivity contribution in [3.05, 3.63) is 0 Å². The van der Waals surface area contributed by atoms with Crippen LogP contribution in [0, 0.1) is 0 Å². The molecule has 0 fully saturated rings. The van der Waals surface area contributed by atoms with Gasteiger partial charge in [-0.25, -0.2) is 0 Å². The first-order valence-electron chi connectivity index (χ1n) is 1.82. The molecule has 0 aliphatic heterocycles. The Morgan fingerprint density at radius 2 is 1.29 bits per heavy atom. The third-order valence-corrected chi connectivity index (χ3v) is 1.60. The molecule has 0 atom stereocenters. The van der Waals surface area contributed by atoms with E-state index in [0.717, 1.165) is 6.92 Å². The van der Waals surface area contributed by atoms with Crippen LogP contribution in [0.2, 0.25) is 6.04 Å². The molecule has 7 heavy (non-hydrogen) atoms. The fourth-order valence-electron chi connectivity index (χ4n) is 0. The molecule has 0 radical (unpaired) electrons. The Morgan fingerprint density at radius 1 is 1.14 bits per heavy atom. The standard InChI is InChI=1S/C2H5F4Si/c1-2-7(3,4,5)6/h2H2,1H3/q-1. The van der Waals surface area contributed by atoms with Gasteiger partial charge in [0, 0.05) is 0 Å². The third kappa shape index (κ3) is 5.94. The summed E-state index contributed by atoms with van der Waals surface area (Å²) in [5.41, 5.74) is 0. The van der Waals surface area contributed by atoms with Crippen molar-refractivity contribution in [1.29, 1.82) is 0 Å². The van der Waals surface area contributed by atoms with Crippen LogP contribution >= 0.6 is 0 Å². The maximum absolute atomic E-state index is 11.0. The Balaban J connectivity index is 3.83. The van der Waals surface area contributed by atoms with Crippen LogP contribution in [0.5, 0.6) is 0 Å². The zero-order valence-corrected chi connectivity index (χ0v) is 4.72. The second-order valence-corrected chi connectivity index (χ2v) is 3.95. The van der Waals surface area contributed by atoms with Gasteiger partial charge in [0.25, 0.3) is 0 Å². The normalized spacial score (nSPS) is 18.1. The number of hydrogen-bond donors (Lipinski definition) is 0. The van der Waals surface area contributed by atoms with Gasteiger partial charge in [0.1, 0.15) is 0 Å². The van der Waals surface area contributed by atoms with Crippen molar-refractivity contribution in [1.82, 2.24) is 0 Å². The molecule has 0 unspecified atom stereocenters. The van der Waals surface area contributed by atoms with Crippen molar-refractivity contribution in [3.63, 3.8) is 0 Å². The predicted octanol–water partition coefficient (Wildman–Crippen LogP) is 2.27. The molecule has 0 spiro atoms. The van der Waals surface area contributed by atoms with E-state index < -0.39 is 14.7 Å². The molecular formula is C2H5F4Si-. The Bertz CT molecular complexity index is 62.2. The summed E-state index contributed by atoms with van der Waals surface area (Å²) in [6.07, 6.45) is 0. The molecule has 0 bridgehead atoms. The maximum atomic E-state index is 11.0. The van der Waals surface area contributed by atoms with Gasteiger partial charge in [0.15, 0.2) is 0 Å². The van der Waals surface area contributed by atoms with E-state index in [0.29, 0.717) is 0 Å². The quantitative estimate of drug-likeness (QED) is 0.292. The number of halogens is 4. The Kier molecular flexibility index (Phi) is 1.20. The van der Waals surface area contributed by atoms with Crippen LogP contribution in [0.4, 0.5) is 16.4 Å². The summed E-state index contributed by atoms with van der Waals surface area (Å²) in [5, 5.41) is 0. The van der Waals surface area contributed by atoms with Gasteiger partial charge in [-0.15, -0.1) is 0 Å². The van der Waals surface area contributed by atoms with E-state index in [1.165, 1.54) is 0 Å². The molecule has 46 valence electrons. The molecule has 0 aromatic rings. The van der Waals surface area contributed by atoms with Crippen LogP contribution in [0.25, 0.3) is 0 Å². The first kappa shape index (κ1) is 6.94. The van der Waals surface area contributed by atoms with Crippen LogP contribution in [0.1, 0.15) is 6.92 Å². The SMILES string of the molecule is CC[Si-](F)(F)(F)F. The summed E-state index contributed by atoms with van der Waals surface area (Å²) in [6.45, 7) is 0.785. The molecule has 0 nitrogen and oxygen atoms in total. The molecule has 0 amide bonds. The molecule has 0 aromatic carbocycles. The molecule has 0 N–H and O–H groups in total. The van der Waals surface area contributed by atoms with E-state index in [9.17, 15) is 16.4 Å². The van der Waals surface area contributed by atoms with Gasteiger partial charge in [0.05, 0.1) is 0 Å². The minimum atomic E-state index is -7.29. The van der Waals surface area contributed by atoms with E-state index in [2.05, 4.69) is 0 Å². The molecule has 0 rings (SSSR count). The third-order valence-electron chi connectivity index (χ3n) is 0.535. The van der Waals surface area contributed by atoms with Crippen LogP contribution in [0.15, 0.2) is 0 Å². The van der Waals surface area contributed by atoms with Crippen LogP contribution in [-0.4, -0.2) is 8.69 Å². The second kappa shape index (κ2) is 1.21. The van der Waals surface area contributed by atoms with E-state index in [4.69, 9.17) is 0 Å². The van der Waals surface area contributed by atoms with E-state index >= 15 is 0 Å². The first-order valence-corrected chi connectivity index (χ1v) is 4.04. The van der Waals surface area contributed by atoms with Crippen LogP contribution in [-0.2, 0) is 0 Å². The van der Waals surface area contributed by atoms with Crippen molar-refractivity contribution in [2.75, 3.05) is 0 Å². The van der Waals surface area contributed by atoms with Crippen molar-refractivity contribution in [2.45, 2.75) is 13.0 Å². The van der Waals surface area contributed by atoms with Crippen molar-refractivity contribution < 1.29 is 16.4 Å². The summed E-state index contributed by atoms with van der Waals surface area (Å²) in [6, 6.07) is -1.28. The second-order valence-electron chi connectivity index (χ2n) is 1.32. The zero-order chi connectivity index (χ0) is 6.15. The average Bonchev–Trinajstić information content (AvgIpc) is 1.32. The molecule has 0 heterocycles. The number of hydrogen-bond acceptors (Lipinski definition) is 0. The molecule has 0 aliphatic carbocycles. The Labute approximate surface area is 39.2 Å². The molecule has 5 heteroatoms. The van der Waals surface area contributed by atoms with Gasteiger partial charge in [-0.1, -0.05) is 0 Å². The summed E-state index contributed by atoms with van der Waals surface area (Å²) in [7, 11) is -7.29. The summed E-state index contributed by atoms with van der Waals surface area (Å²) in [4.78, 5) is 0. The Morgan fingerprint density at radius 3 is 1.29 bits per heavy atom. The molecular weight excluding hydrogens is 128 g/mol. The predicted molar refractivity (Wildman–Crippen MR) is 20.7 cm³/mol. The van der Waals surface area contributed by atoms with Gasteiger partial charge in [-0.05, 0) is 0 Å². The summed E-state index contributed by atoms with van der Waals surface area (Å²) in [5.74, 6) is 0. The average molecular weight is 133 g/mol. The van der Waals surface area contributed by atoms with Gasteiger partial charge in [0.2, 0.25) is 0 Å². The van der Waals surface area contributed by atoms with Gasteiger partial charge < -0.3 is 0 Å². The first-order chi connectivity index (χ1) is 2.81. The van der Waals surface area contributed by atoms with Gasteiger partial charge in [-0.3, -0.25) is 0 Å².